The first-order valence-electron chi connectivity index (χ1n) is 5.59. The fourth-order valence-corrected chi connectivity index (χ4v) is 1.98. The Bertz CT molecular complexity index is 450. The van der Waals surface area contributed by atoms with Crippen molar-refractivity contribution in [2.24, 2.45) is 11.7 Å². The first kappa shape index (κ1) is 14.2. The monoisotopic (exact) mass is 251 g/mol. The Morgan fingerprint density at radius 1 is 1.11 bits per heavy atom. The van der Waals surface area contributed by atoms with Gasteiger partial charge in [0.1, 0.15) is 6.04 Å². The second-order valence-electron chi connectivity index (χ2n) is 4.51. The van der Waals surface area contributed by atoms with E-state index in [1.54, 1.807) is 0 Å². The molecule has 4 N–H and O–H groups in total. The van der Waals surface area contributed by atoms with Crippen LogP contribution in [-0.2, 0) is 16.0 Å². The summed E-state index contributed by atoms with van der Waals surface area (Å²) in [6.07, 6.45) is 0.116. The highest BCUT2D eigenvalue weighted by Crippen LogP contribution is 2.16. The first-order valence-corrected chi connectivity index (χ1v) is 5.59. The summed E-state index contributed by atoms with van der Waals surface area (Å²) in [5, 5.41) is 17.8. The van der Waals surface area contributed by atoms with Crippen molar-refractivity contribution in [1.82, 2.24) is 0 Å². The summed E-state index contributed by atoms with van der Waals surface area (Å²) in [4.78, 5) is 21.9. The van der Waals surface area contributed by atoms with Crippen LogP contribution in [-0.4, -0.2) is 28.2 Å². The van der Waals surface area contributed by atoms with Crippen molar-refractivity contribution in [2.45, 2.75) is 26.3 Å². The predicted molar refractivity (Wildman–Crippen MR) is 66.4 cm³/mol. The fourth-order valence-electron chi connectivity index (χ4n) is 1.98. The molecule has 5 heteroatoms. The molecule has 18 heavy (non-hydrogen) atoms. The highest BCUT2D eigenvalue weighted by atomic mass is 16.4. The Morgan fingerprint density at radius 3 is 2.00 bits per heavy atom. The molecule has 0 saturated heterocycles. The maximum Gasteiger partial charge on any atom is 0.321 e. The molecule has 0 aliphatic heterocycles. The molecule has 0 saturated carbocycles. The van der Waals surface area contributed by atoms with Gasteiger partial charge in [0.15, 0.2) is 0 Å². The minimum absolute atomic E-state index is 0.116. The van der Waals surface area contributed by atoms with E-state index in [-0.39, 0.29) is 6.42 Å². The maximum absolute atomic E-state index is 11.1. The van der Waals surface area contributed by atoms with E-state index in [2.05, 4.69) is 0 Å². The minimum atomic E-state index is -1.40. The van der Waals surface area contributed by atoms with Crippen molar-refractivity contribution < 1.29 is 19.8 Å². The van der Waals surface area contributed by atoms with Crippen molar-refractivity contribution in [2.75, 3.05) is 0 Å². The van der Waals surface area contributed by atoms with Crippen molar-refractivity contribution in [1.29, 1.82) is 0 Å². The topological polar surface area (TPSA) is 101 Å². The molecular weight excluding hydrogens is 234 g/mol. The standard InChI is InChI=1S/C13H17NO4/c1-7-3-8(2)5-9(4-7)6-10(12(15)16)11(14)13(17)18/h3-5,10-11H,6,14H2,1-2H3,(H,15,16)(H,17,18)/t10?,11-/m0/s1. The average Bonchev–Trinajstić information content (AvgIpc) is 2.23. The lowest BCUT2D eigenvalue weighted by molar-refractivity contribution is -0.149. The molecule has 1 rings (SSSR count). The Morgan fingerprint density at radius 2 is 1.61 bits per heavy atom. The third kappa shape index (κ3) is 3.56. The lowest BCUT2D eigenvalue weighted by Gasteiger charge is -2.17. The van der Waals surface area contributed by atoms with Gasteiger partial charge in [-0.15, -0.1) is 0 Å². The minimum Gasteiger partial charge on any atom is -0.481 e. The summed E-state index contributed by atoms with van der Waals surface area (Å²) >= 11 is 0. The van der Waals surface area contributed by atoms with Crippen molar-refractivity contribution in [3.63, 3.8) is 0 Å². The highest BCUT2D eigenvalue weighted by molar-refractivity contribution is 5.82. The summed E-state index contributed by atoms with van der Waals surface area (Å²) in [5.41, 5.74) is 8.22. The lowest BCUT2D eigenvalue weighted by Crippen LogP contribution is -2.43. The molecule has 1 unspecified atom stereocenters. The molecule has 2 atom stereocenters. The Balaban J connectivity index is 2.96. The van der Waals surface area contributed by atoms with Crippen molar-refractivity contribution >= 4 is 11.9 Å². The molecule has 1 aromatic carbocycles. The van der Waals surface area contributed by atoms with Gasteiger partial charge in [-0.1, -0.05) is 29.3 Å². The zero-order valence-corrected chi connectivity index (χ0v) is 10.4. The number of aliphatic carboxylic acids is 2. The summed E-state index contributed by atoms with van der Waals surface area (Å²) in [6, 6.07) is 4.26. The molecule has 0 heterocycles. The third-order valence-electron chi connectivity index (χ3n) is 2.77. The summed E-state index contributed by atoms with van der Waals surface area (Å²) in [5.74, 6) is -3.61. The van der Waals surface area contributed by atoms with Crippen LogP contribution >= 0.6 is 0 Å². The zero-order chi connectivity index (χ0) is 13.9. The molecule has 0 aliphatic rings. The van der Waals surface area contributed by atoms with Gasteiger partial charge in [0.25, 0.3) is 0 Å². The van der Waals surface area contributed by atoms with Crippen LogP contribution in [0.1, 0.15) is 16.7 Å². The Hall–Kier alpha value is -1.88. The molecule has 0 amide bonds. The number of carbonyl (C=O) groups is 2. The van der Waals surface area contributed by atoms with Gasteiger partial charge in [-0.2, -0.15) is 0 Å². The van der Waals surface area contributed by atoms with Crippen molar-refractivity contribution in [3.05, 3.63) is 34.9 Å². The van der Waals surface area contributed by atoms with Gasteiger partial charge >= 0.3 is 11.9 Å². The normalized spacial score (nSPS) is 13.9. The van der Waals surface area contributed by atoms with E-state index in [0.29, 0.717) is 0 Å². The molecular formula is C13H17NO4. The summed E-state index contributed by atoms with van der Waals surface area (Å²) < 4.78 is 0. The summed E-state index contributed by atoms with van der Waals surface area (Å²) in [7, 11) is 0. The van der Waals surface area contributed by atoms with Gasteiger partial charge in [-0.25, -0.2) is 0 Å². The molecule has 0 bridgehead atoms. The van der Waals surface area contributed by atoms with Gasteiger partial charge in [0.2, 0.25) is 0 Å². The first-order chi connectivity index (χ1) is 8.31. The van der Waals surface area contributed by atoms with E-state index in [1.807, 2.05) is 32.0 Å². The van der Waals surface area contributed by atoms with E-state index < -0.39 is 23.9 Å². The number of carboxylic acid groups (broad SMARTS) is 2. The van der Waals surface area contributed by atoms with Crippen LogP contribution in [0.15, 0.2) is 18.2 Å². The largest absolute Gasteiger partial charge is 0.481 e. The molecule has 5 nitrogen and oxygen atoms in total. The van der Waals surface area contributed by atoms with Crippen LogP contribution < -0.4 is 5.73 Å². The van der Waals surface area contributed by atoms with Gasteiger partial charge in [0, 0.05) is 0 Å². The Labute approximate surface area is 105 Å². The molecule has 0 aromatic heterocycles. The molecule has 0 fully saturated rings. The molecule has 0 spiro atoms. The third-order valence-corrected chi connectivity index (χ3v) is 2.77. The molecule has 0 radical (unpaired) electrons. The van der Waals surface area contributed by atoms with E-state index in [9.17, 15) is 9.59 Å². The van der Waals surface area contributed by atoms with Crippen molar-refractivity contribution in [3.8, 4) is 0 Å². The Kier molecular flexibility index (Phi) is 4.44. The number of rotatable bonds is 5. The van der Waals surface area contributed by atoms with Gasteiger partial charge in [0.05, 0.1) is 5.92 Å². The van der Waals surface area contributed by atoms with E-state index in [1.165, 1.54) is 0 Å². The molecule has 1 aromatic rings. The molecule has 0 aliphatic carbocycles. The van der Waals surface area contributed by atoms with Gasteiger partial charge in [-0.3, -0.25) is 9.59 Å². The van der Waals surface area contributed by atoms with E-state index >= 15 is 0 Å². The SMILES string of the molecule is Cc1cc(C)cc(CC(C(=O)O)[C@H](N)C(=O)O)c1. The second kappa shape index (κ2) is 5.64. The average molecular weight is 251 g/mol. The van der Waals surface area contributed by atoms with Gasteiger partial charge < -0.3 is 15.9 Å². The lowest BCUT2D eigenvalue weighted by atomic mass is 9.91. The predicted octanol–water partition coefficient (Wildman–Crippen LogP) is 0.959. The maximum atomic E-state index is 11.1. The van der Waals surface area contributed by atoms with Crippen LogP contribution in [0.3, 0.4) is 0 Å². The number of benzene rings is 1. The fraction of sp³-hybridized carbons (Fsp3) is 0.385. The quantitative estimate of drug-likeness (QED) is 0.723. The smallest absolute Gasteiger partial charge is 0.321 e. The number of hydrogen-bond acceptors (Lipinski definition) is 3. The molecule has 98 valence electrons. The number of carboxylic acids is 2. The van der Waals surface area contributed by atoms with Crippen LogP contribution in [0.4, 0.5) is 0 Å². The number of aryl methyl sites for hydroxylation is 2. The second-order valence-corrected chi connectivity index (χ2v) is 4.51. The van der Waals surface area contributed by atoms with Crippen LogP contribution in [0, 0.1) is 19.8 Å². The van der Waals surface area contributed by atoms with Gasteiger partial charge in [-0.05, 0) is 25.8 Å². The van der Waals surface area contributed by atoms with E-state index in [0.717, 1.165) is 16.7 Å². The zero-order valence-electron chi connectivity index (χ0n) is 10.4. The van der Waals surface area contributed by atoms with Crippen LogP contribution in [0.5, 0.6) is 0 Å². The number of hydrogen-bond donors (Lipinski definition) is 3. The van der Waals surface area contributed by atoms with E-state index in [4.69, 9.17) is 15.9 Å². The van der Waals surface area contributed by atoms with Crippen LogP contribution in [0.25, 0.3) is 0 Å². The van der Waals surface area contributed by atoms with Crippen LogP contribution in [0.2, 0.25) is 0 Å². The summed E-state index contributed by atoms with van der Waals surface area (Å²) in [6.45, 7) is 3.81. The number of nitrogens with two attached hydrogens (primary N) is 1. The highest BCUT2D eigenvalue weighted by Gasteiger charge is 2.30.